The maximum absolute atomic E-state index is 12.2. The van der Waals surface area contributed by atoms with E-state index in [2.05, 4.69) is 4.72 Å². The van der Waals surface area contributed by atoms with Crippen molar-refractivity contribution < 1.29 is 8.42 Å². The topological polar surface area (TPSA) is 72.2 Å². The molecule has 0 atom stereocenters. The van der Waals surface area contributed by atoms with Crippen LogP contribution in [0.25, 0.3) is 0 Å². The van der Waals surface area contributed by atoms with E-state index >= 15 is 0 Å². The zero-order chi connectivity index (χ0) is 14.0. The van der Waals surface area contributed by atoms with Gasteiger partial charge in [-0.15, -0.1) is 0 Å². The number of hydrogen-bond acceptors (Lipinski definition) is 3. The molecule has 0 aliphatic heterocycles. The van der Waals surface area contributed by atoms with Crippen LogP contribution >= 0.6 is 0 Å². The summed E-state index contributed by atoms with van der Waals surface area (Å²) in [6, 6.07) is 11.8. The molecule has 0 fully saturated rings. The molecule has 5 heteroatoms. The first-order chi connectivity index (χ1) is 8.88. The molecule has 0 bridgehead atoms. The van der Waals surface area contributed by atoms with Gasteiger partial charge in [0.05, 0.1) is 10.6 Å². The molecule has 0 aromatic heterocycles. The Hall–Kier alpha value is -2.01. The van der Waals surface area contributed by atoms with Gasteiger partial charge in [0.2, 0.25) is 0 Å². The molecule has 2 rings (SSSR count). The standard InChI is InChI=1S/C14H16N2O2S/c1-10-6-7-14(11(2)8-10)16-19(17,18)13-5-3-4-12(15)9-13/h3-9,16H,15H2,1-2H3. The average Bonchev–Trinajstić information content (AvgIpc) is 2.33. The fourth-order valence-corrected chi connectivity index (χ4v) is 3.00. The lowest BCUT2D eigenvalue weighted by molar-refractivity contribution is 0.601. The van der Waals surface area contributed by atoms with Crippen LogP contribution in [-0.4, -0.2) is 8.42 Å². The first-order valence-corrected chi connectivity index (χ1v) is 7.32. The number of nitrogen functional groups attached to an aromatic ring is 1. The summed E-state index contributed by atoms with van der Waals surface area (Å²) in [6.45, 7) is 3.83. The Labute approximate surface area is 113 Å². The van der Waals surface area contributed by atoms with Crippen molar-refractivity contribution >= 4 is 21.4 Å². The fraction of sp³-hybridized carbons (Fsp3) is 0.143. The second-order valence-corrected chi connectivity index (χ2v) is 6.18. The Kier molecular flexibility index (Phi) is 3.48. The zero-order valence-electron chi connectivity index (χ0n) is 10.8. The first-order valence-electron chi connectivity index (χ1n) is 5.84. The molecule has 2 aromatic rings. The quantitative estimate of drug-likeness (QED) is 0.847. The number of sulfonamides is 1. The molecule has 0 saturated heterocycles. The Morgan fingerprint density at radius 3 is 2.42 bits per heavy atom. The van der Waals surface area contributed by atoms with Gasteiger partial charge in [-0.05, 0) is 43.7 Å². The van der Waals surface area contributed by atoms with Crippen LogP contribution in [0.5, 0.6) is 0 Å². The predicted octanol–water partition coefficient (Wildman–Crippen LogP) is 2.69. The average molecular weight is 276 g/mol. The van der Waals surface area contributed by atoms with Gasteiger partial charge in [0.25, 0.3) is 10.0 Å². The number of aryl methyl sites for hydroxylation is 2. The van der Waals surface area contributed by atoms with Gasteiger partial charge in [0.15, 0.2) is 0 Å². The largest absolute Gasteiger partial charge is 0.399 e. The van der Waals surface area contributed by atoms with Gasteiger partial charge in [-0.25, -0.2) is 8.42 Å². The molecule has 0 aliphatic rings. The third-order valence-corrected chi connectivity index (χ3v) is 4.16. The number of nitrogens with one attached hydrogen (secondary N) is 1. The van der Waals surface area contributed by atoms with E-state index in [9.17, 15) is 8.42 Å². The first kappa shape index (κ1) is 13.4. The van der Waals surface area contributed by atoms with Crippen molar-refractivity contribution in [2.24, 2.45) is 0 Å². The van der Waals surface area contributed by atoms with Gasteiger partial charge in [-0.2, -0.15) is 0 Å². The van der Waals surface area contributed by atoms with Gasteiger partial charge < -0.3 is 5.73 Å². The monoisotopic (exact) mass is 276 g/mol. The maximum Gasteiger partial charge on any atom is 0.261 e. The minimum absolute atomic E-state index is 0.160. The molecule has 0 amide bonds. The van der Waals surface area contributed by atoms with Crippen LogP contribution in [0.3, 0.4) is 0 Å². The minimum Gasteiger partial charge on any atom is -0.399 e. The number of rotatable bonds is 3. The highest BCUT2D eigenvalue weighted by Gasteiger charge is 2.15. The molecule has 0 unspecified atom stereocenters. The lowest BCUT2D eigenvalue weighted by Crippen LogP contribution is -2.14. The third-order valence-electron chi connectivity index (χ3n) is 2.79. The van der Waals surface area contributed by atoms with E-state index in [1.807, 2.05) is 26.0 Å². The lowest BCUT2D eigenvalue weighted by atomic mass is 10.1. The van der Waals surface area contributed by atoms with Crippen molar-refractivity contribution in [3.63, 3.8) is 0 Å². The highest BCUT2D eigenvalue weighted by atomic mass is 32.2. The molecule has 100 valence electrons. The molecule has 4 nitrogen and oxygen atoms in total. The Morgan fingerprint density at radius 2 is 1.79 bits per heavy atom. The third kappa shape index (κ3) is 3.06. The summed E-state index contributed by atoms with van der Waals surface area (Å²) in [7, 11) is -3.60. The summed E-state index contributed by atoms with van der Waals surface area (Å²) in [5.41, 5.74) is 8.57. The summed E-state index contributed by atoms with van der Waals surface area (Å²) in [6.07, 6.45) is 0. The fourth-order valence-electron chi connectivity index (χ4n) is 1.81. The Balaban J connectivity index is 2.36. The molecular formula is C14H16N2O2S. The molecule has 0 aliphatic carbocycles. The van der Waals surface area contributed by atoms with Crippen molar-refractivity contribution in [3.05, 3.63) is 53.6 Å². The van der Waals surface area contributed by atoms with Crippen LogP contribution in [0.15, 0.2) is 47.4 Å². The van der Waals surface area contributed by atoms with E-state index in [4.69, 9.17) is 5.73 Å². The summed E-state index contributed by atoms with van der Waals surface area (Å²) >= 11 is 0. The van der Waals surface area contributed by atoms with Crippen LogP contribution in [-0.2, 0) is 10.0 Å². The minimum atomic E-state index is -3.60. The molecule has 0 spiro atoms. The number of anilines is 2. The normalized spacial score (nSPS) is 11.3. The van der Waals surface area contributed by atoms with Crippen LogP contribution in [0.4, 0.5) is 11.4 Å². The van der Waals surface area contributed by atoms with Crippen molar-refractivity contribution in [3.8, 4) is 0 Å². The van der Waals surface area contributed by atoms with E-state index < -0.39 is 10.0 Å². The summed E-state index contributed by atoms with van der Waals surface area (Å²) in [5, 5.41) is 0. The van der Waals surface area contributed by atoms with E-state index in [1.54, 1.807) is 18.2 Å². The lowest BCUT2D eigenvalue weighted by Gasteiger charge is -2.11. The second-order valence-electron chi connectivity index (χ2n) is 4.50. The Bertz CT molecular complexity index is 709. The molecule has 3 N–H and O–H groups in total. The molecular weight excluding hydrogens is 260 g/mol. The Morgan fingerprint density at radius 1 is 1.05 bits per heavy atom. The molecule has 2 aromatic carbocycles. The smallest absolute Gasteiger partial charge is 0.261 e. The van der Waals surface area contributed by atoms with Gasteiger partial charge in [0, 0.05) is 5.69 Å². The van der Waals surface area contributed by atoms with Gasteiger partial charge in [0.1, 0.15) is 0 Å². The van der Waals surface area contributed by atoms with Crippen molar-refractivity contribution in [2.75, 3.05) is 10.5 Å². The SMILES string of the molecule is Cc1ccc(NS(=O)(=O)c2cccc(N)c2)c(C)c1. The second kappa shape index (κ2) is 4.93. The highest BCUT2D eigenvalue weighted by molar-refractivity contribution is 7.92. The van der Waals surface area contributed by atoms with Crippen LogP contribution in [0.2, 0.25) is 0 Å². The predicted molar refractivity (Wildman–Crippen MR) is 77.6 cm³/mol. The van der Waals surface area contributed by atoms with Crippen LogP contribution < -0.4 is 10.5 Å². The van der Waals surface area contributed by atoms with Gasteiger partial charge >= 0.3 is 0 Å². The van der Waals surface area contributed by atoms with Gasteiger partial charge in [-0.1, -0.05) is 23.8 Å². The molecule has 0 saturated carbocycles. The van der Waals surface area contributed by atoms with Crippen LogP contribution in [0, 0.1) is 13.8 Å². The maximum atomic E-state index is 12.2. The van der Waals surface area contributed by atoms with E-state index in [-0.39, 0.29) is 4.90 Å². The molecule has 0 radical (unpaired) electrons. The number of benzene rings is 2. The number of hydrogen-bond donors (Lipinski definition) is 2. The van der Waals surface area contributed by atoms with Crippen molar-refractivity contribution in [2.45, 2.75) is 18.7 Å². The summed E-state index contributed by atoms with van der Waals surface area (Å²) in [4.78, 5) is 0.160. The molecule has 19 heavy (non-hydrogen) atoms. The molecule has 0 heterocycles. The zero-order valence-corrected chi connectivity index (χ0v) is 11.7. The van der Waals surface area contributed by atoms with E-state index in [0.717, 1.165) is 11.1 Å². The summed E-state index contributed by atoms with van der Waals surface area (Å²) in [5.74, 6) is 0. The van der Waals surface area contributed by atoms with Crippen molar-refractivity contribution in [1.29, 1.82) is 0 Å². The van der Waals surface area contributed by atoms with Crippen molar-refractivity contribution in [1.82, 2.24) is 0 Å². The van der Waals surface area contributed by atoms with Gasteiger partial charge in [-0.3, -0.25) is 4.72 Å². The van der Waals surface area contributed by atoms with E-state index in [0.29, 0.717) is 11.4 Å². The number of nitrogens with two attached hydrogens (primary N) is 1. The van der Waals surface area contributed by atoms with Crippen LogP contribution in [0.1, 0.15) is 11.1 Å². The van der Waals surface area contributed by atoms with E-state index in [1.165, 1.54) is 12.1 Å². The summed E-state index contributed by atoms with van der Waals surface area (Å²) < 4.78 is 27.0. The highest BCUT2D eigenvalue weighted by Crippen LogP contribution is 2.21.